The van der Waals surface area contributed by atoms with Gasteiger partial charge < -0.3 is 9.88 Å². The van der Waals surface area contributed by atoms with Crippen LogP contribution in [0, 0.1) is 5.92 Å². The van der Waals surface area contributed by atoms with Gasteiger partial charge in [-0.15, -0.1) is 0 Å². The van der Waals surface area contributed by atoms with Gasteiger partial charge in [-0.25, -0.2) is 4.98 Å². The van der Waals surface area contributed by atoms with Gasteiger partial charge in [0.2, 0.25) is 0 Å². The van der Waals surface area contributed by atoms with Gasteiger partial charge >= 0.3 is 0 Å². The summed E-state index contributed by atoms with van der Waals surface area (Å²) in [5.74, 6) is 2.77. The Morgan fingerprint density at radius 2 is 2.05 bits per heavy atom. The lowest BCUT2D eigenvalue weighted by molar-refractivity contribution is 0.445. The zero-order valence-electron chi connectivity index (χ0n) is 12.4. The number of piperidine rings is 1. The minimum absolute atomic E-state index is 0.703. The molecule has 3 nitrogen and oxygen atoms in total. The minimum Gasteiger partial charge on any atom is -0.332 e. The fraction of sp³-hybridized carbons (Fsp3) is 0.812. The van der Waals surface area contributed by atoms with Crippen molar-refractivity contribution in [1.82, 2.24) is 14.9 Å². The Hall–Kier alpha value is -0.830. The third kappa shape index (κ3) is 2.71. The van der Waals surface area contributed by atoms with Gasteiger partial charge in [-0.1, -0.05) is 13.8 Å². The second kappa shape index (κ2) is 5.66. The van der Waals surface area contributed by atoms with Crippen molar-refractivity contribution in [2.75, 3.05) is 13.1 Å². The third-order valence-electron chi connectivity index (χ3n) is 4.54. The maximum atomic E-state index is 5.09. The van der Waals surface area contributed by atoms with Crippen molar-refractivity contribution < 1.29 is 0 Å². The van der Waals surface area contributed by atoms with Crippen molar-refractivity contribution >= 4 is 0 Å². The van der Waals surface area contributed by atoms with E-state index in [-0.39, 0.29) is 0 Å². The Morgan fingerprint density at radius 1 is 1.26 bits per heavy atom. The molecule has 0 saturated carbocycles. The maximum absolute atomic E-state index is 5.09. The Labute approximate surface area is 116 Å². The highest BCUT2D eigenvalue weighted by molar-refractivity contribution is 5.24. The van der Waals surface area contributed by atoms with Crippen LogP contribution in [0.3, 0.4) is 0 Å². The zero-order chi connectivity index (χ0) is 13.2. The lowest BCUT2D eigenvalue weighted by atomic mass is 9.91. The Balaban J connectivity index is 1.92. The fourth-order valence-electron chi connectivity index (χ4n) is 3.59. The molecule has 19 heavy (non-hydrogen) atoms. The molecule has 1 aromatic heterocycles. The van der Waals surface area contributed by atoms with Crippen molar-refractivity contribution in [3.8, 4) is 0 Å². The number of nitrogens with zero attached hydrogens (tertiary/aromatic N) is 2. The average Bonchev–Trinajstić information content (AvgIpc) is 2.78. The molecule has 2 aliphatic rings. The second-order valence-corrected chi connectivity index (χ2v) is 6.59. The molecule has 1 N–H and O–H groups in total. The molecule has 0 aromatic carbocycles. The standard InChI is InChI=1S/C16H27N3/c1-12(2)11-15-18-16(13-6-8-17-9-7-13)14-5-3-4-10-19(14)15/h12-13,17H,3-11H2,1-2H3. The molecule has 0 amide bonds. The van der Waals surface area contributed by atoms with Gasteiger partial charge in [-0.05, 0) is 51.1 Å². The lowest BCUT2D eigenvalue weighted by Gasteiger charge is -2.24. The monoisotopic (exact) mass is 261 g/mol. The summed E-state index contributed by atoms with van der Waals surface area (Å²) < 4.78 is 2.56. The first-order valence-electron chi connectivity index (χ1n) is 8.04. The van der Waals surface area contributed by atoms with Crippen LogP contribution in [-0.4, -0.2) is 22.6 Å². The molecule has 1 saturated heterocycles. The Morgan fingerprint density at radius 3 is 2.79 bits per heavy atom. The summed E-state index contributed by atoms with van der Waals surface area (Å²) in [4.78, 5) is 5.09. The van der Waals surface area contributed by atoms with E-state index in [1.807, 2.05) is 0 Å². The molecule has 3 rings (SSSR count). The third-order valence-corrected chi connectivity index (χ3v) is 4.54. The van der Waals surface area contributed by atoms with Crippen LogP contribution in [0.5, 0.6) is 0 Å². The molecule has 3 heterocycles. The molecule has 1 aromatic rings. The summed E-state index contributed by atoms with van der Waals surface area (Å²) in [7, 11) is 0. The van der Waals surface area contributed by atoms with Crippen LogP contribution >= 0.6 is 0 Å². The average molecular weight is 261 g/mol. The number of fused-ring (bicyclic) bond motifs is 1. The maximum Gasteiger partial charge on any atom is 0.109 e. The molecule has 2 aliphatic heterocycles. The van der Waals surface area contributed by atoms with Crippen LogP contribution in [0.25, 0.3) is 0 Å². The molecular formula is C16H27N3. The number of rotatable bonds is 3. The van der Waals surface area contributed by atoms with E-state index >= 15 is 0 Å². The first kappa shape index (κ1) is 13.2. The molecular weight excluding hydrogens is 234 g/mol. The van der Waals surface area contributed by atoms with Crippen LogP contribution in [0.1, 0.15) is 62.7 Å². The largest absolute Gasteiger partial charge is 0.332 e. The first-order chi connectivity index (χ1) is 9.25. The van der Waals surface area contributed by atoms with Crippen molar-refractivity contribution in [3.05, 3.63) is 17.2 Å². The van der Waals surface area contributed by atoms with E-state index in [4.69, 9.17) is 4.98 Å². The van der Waals surface area contributed by atoms with Gasteiger partial charge in [0.05, 0.1) is 5.69 Å². The molecule has 106 valence electrons. The highest BCUT2D eigenvalue weighted by Gasteiger charge is 2.26. The van der Waals surface area contributed by atoms with Gasteiger partial charge in [-0.2, -0.15) is 0 Å². The predicted octanol–water partition coefficient (Wildman–Crippen LogP) is 2.88. The Kier molecular flexibility index (Phi) is 3.92. The summed E-state index contributed by atoms with van der Waals surface area (Å²) in [5.41, 5.74) is 3.03. The van der Waals surface area contributed by atoms with Crippen molar-refractivity contribution in [1.29, 1.82) is 0 Å². The molecule has 0 atom stereocenters. The minimum atomic E-state index is 0.703. The summed E-state index contributed by atoms with van der Waals surface area (Å²) in [6.07, 6.45) is 7.61. The molecule has 3 heteroatoms. The van der Waals surface area contributed by atoms with Gasteiger partial charge in [0.1, 0.15) is 5.82 Å². The van der Waals surface area contributed by atoms with Crippen LogP contribution in [0.4, 0.5) is 0 Å². The SMILES string of the molecule is CC(C)Cc1nc(C2CCNCC2)c2n1CCCC2. The van der Waals surface area contributed by atoms with E-state index in [0.29, 0.717) is 11.8 Å². The number of nitrogens with one attached hydrogen (secondary N) is 1. The normalized spacial score (nSPS) is 20.8. The number of hydrogen-bond donors (Lipinski definition) is 1. The quantitative estimate of drug-likeness (QED) is 0.906. The van der Waals surface area contributed by atoms with Crippen LogP contribution < -0.4 is 5.32 Å². The van der Waals surface area contributed by atoms with Crippen molar-refractivity contribution in [2.24, 2.45) is 5.92 Å². The van der Waals surface area contributed by atoms with Crippen LogP contribution in [-0.2, 0) is 19.4 Å². The number of imidazole rings is 1. The molecule has 0 radical (unpaired) electrons. The van der Waals surface area contributed by atoms with Crippen molar-refractivity contribution in [3.63, 3.8) is 0 Å². The van der Waals surface area contributed by atoms with E-state index in [1.54, 1.807) is 5.69 Å². The summed E-state index contributed by atoms with van der Waals surface area (Å²) in [6.45, 7) is 8.13. The first-order valence-corrected chi connectivity index (χ1v) is 8.04. The van der Waals surface area contributed by atoms with Gasteiger partial charge in [0, 0.05) is 24.6 Å². The molecule has 1 fully saturated rings. The van der Waals surface area contributed by atoms with Gasteiger partial charge in [0.25, 0.3) is 0 Å². The number of hydrogen-bond acceptors (Lipinski definition) is 2. The Bertz CT molecular complexity index is 427. The highest BCUT2D eigenvalue weighted by Crippen LogP contribution is 2.31. The zero-order valence-corrected chi connectivity index (χ0v) is 12.4. The summed E-state index contributed by atoms with van der Waals surface area (Å²) >= 11 is 0. The molecule has 0 bridgehead atoms. The van der Waals surface area contributed by atoms with E-state index in [2.05, 4.69) is 23.7 Å². The molecule has 0 unspecified atom stereocenters. The van der Waals surface area contributed by atoms with E-state index in [9.17, 15) is 0 Å². The number of aromatic nitrogens is 2. The predicted molar refractivity (Wildman–Crippen MR) is 78.6 cm³/mol. The summed E-state index contributed by atoms with van der Waals surface area (Å²) in [6, 6.07) is 0. The summed E-state index contributed by atoms with van der Waals surface area (Å²) in [5, 5.41) is 3.47. The lowest BCUT2D eigenvalue weighted by Crippen LogP contribution is -2.27. The fourth-order valence-corrected chi connectivity index (χ4v) is 3.59. The smallest absolute Gasteiger partial charge is 0.109 e. The van der Waals surface area contributed by atoms with E-state index < -0.39 is 0 Å². The second-order valence-electron chi connectivity index (χ2n) is 6.59. The van der Waals surface area contributed by atoms with E-state index in [1.165, 1.54) is 50.2 Å². The van der Waals surface area contributed by atoms with Crippen LogP contribution in [0.15, 0.2) is 0 Å². The van der Waals surface area contributed by atoms with Crippen molar-refractivity contribution in [2.45, 2.75) is 64.8 Å². The van der Waals surface area contributed by atoms with Gasteiger partial charge in [-0.3, -0.25) is 0 Å². The molecule has 0 spiro atoms. The highest BCUT2D eigenvalue weighted by atomic mass is 15.1. The van der Waals surface area contributed by atoms with Gasteiger partial charge in [0.15, 0.2) is 0 Å². The molecule has 0 aliphatic carbocycles. The van der Waals surface area contributed by atoms with Crippen LogP contribution in [0.2, 0.25) is 0 Å². The topological polar surface area (TPSA) is 29.9 Å². The van der Waals surface area contributed by atoms with E-state index in [0.717, 1.165) is 19.5 Å².